The first-order valence-electron chi connectivity index (χ1n) is 9.91. The van der Waals surface area contributed by atoms with E-state index in [-0.39, 0.29) is 11.9 Å². The highest BCUT2D eigenvalue weighted by Gasteiger charge is 2.17. The molecule has 0 aliphatic carbocycles. The zero-order valence-corrected chi connectivity index (χ0v) is 17.0. The number of benzene rings is 2. The largest absolute Gasteiger partial charge is 0.361 e. The van der Waals surface area contributed by atoms with Gasteiger partial charge in [-0.25, -0.2) is 0 Å². The minimum absolute atomic E-state index is 0.0928. The summed E-state index contributed by atoms with van der Waals surface area (Å²) < 4.78 is 1.72. The maximum absolute atomic E-state index is 13.0. The molecule has 0 saturated heterocycles. The van der Waals surface area contributed by atoms with E-state index in [1.54, 1.807) is 23.1 Å². The summed E-state index contributed by atoms with van der Waals surface area (Å²) in [5.74, 6) is -0.197. The van der Waals surface area contributed by atoms with Crippen LogP contribution >= 0.6 is 0 Å². The average Bonchev–Trinajstić information content (AvgIpc) is 3.46. The summed E-state index contributed by atoms with van der Waals surface area (Å²) in [7, 11) is 0. The number of aryl methyl sites for hydroxylation is 1. The Morgan fingerprint density at radius 2 is 1.97 bits per heavy atom. The quantitative estimate of drug-likeness (QED) is 0.396. The van der Waals surface area contributed by atoms with E-state index in [4.69, 9.17) is 0 Å². The molecule has 7 heteroatoms. The highest BCUT2D eigenvalue weighted by atomic mass is 16.2. The van der Waals surface area contributed by atoms with Gasteiger partial charge >= 0.3 is 0 Å². The van der Waals surface area contributed by atoms with Crippen LogP contribution in [0.3, 0.4) is 0 Å². The normalized spacial score (nSPS) is 11.6. The maximum atomic E-state index is 13.0. The van der Waals surface area contributed by atoms with Crippen molar-refractivity contribution in [2.45, 2.75) is 26.8 Å². The summed E-state index contributed by atoms with van der Waals surface area (Å²) in [6.45, 7) is 6.07. The molecule has 2 aromatic carbocycles. The van der Waals surface area contributed by atoms with E-state index in [1.165, 1.54) is 0 Å². The fourth-order valence-electron chi connectivity index (χ4n) is 3.95. The van der Waals surface area contributed by atoms with Gasteiger partial charge in [-0.1, -0.05) is 6.07 Å². The molecule has 0 spiro atoms. The number of aromatic amines is 2. The van der Waals surface area contributed by atoms with E-state index in [9.17, 15) is 4.79 Å². The van der Waals surface area contributed by atoms with E-state index < -0.39 is 0 Å². The molecule has 0 saturated carbocycles. The first-order chi connectivity index (χ1) is 14.5. The molecule has 0 unspecified atom stereocenters. The minimum atomic E-state index is -0.197. The van der Waals surface area contributed by atoms with Crippen molar-refractivity contribution in [2.24, 2.45) is 0 Å². The van der Waals surface area contributed by atoms with Gasteiger partial charge in [-0.05, 0) is 67.8 Å². The molecule has 0 fully saturated rings. The first kappa shape index (κ1) is 18.2. The third-order valence-corrected chi connectivity index (χ3v) is 5.32. The molecular weight excluding hydrogens is 376 g/mol. The lowest BCUT2D eigenvalue weighted by Crippen LogP contribution is -2.19. The van der Waals surface area contributed by atoms with Crippen molar-refractivity contribution in [3.05, 3.63) is 66.2 Å². The van der Waals surface area contributed by atoms with Gasteiger partial charge < -0.3 is 10.3 Å². The number of fused-ring (bicyclic) bond motifs is 2. The molecule has 150 valence electrons. The molecule has 3 N–H and O–H groups in total. The second kappa shape index (κ2) is 6.88. The predicted octanol–water partition coefficient (Wildman–Crippen LogP) is 5.05. The monoisotopic (exact) mass is 398 g/mol. The number of aromatic nitrogens is 5. The summed E-state index contributed by atoms with van der Waals surface area (Å²) in [4.78, 5) is 16.3. The number of nitrogens with one attached hydrogen (secondary N) is 3. The van der Waals surface area contributed by atoms with Crippen LogP contribution < -0.4 is 5.32 Å². The molecule has 5 rings (SSSR count). The zero-order valence-electron chi connectivity index (χ0n) is 17.0. The molecule has 0 radical (unpaired) electrons. The summed E-state index contributed by atoms with van der Waals surface area (Å²) in [5.41, 5.74) is 6.46. The molecule has 0 aliphatic rings. The van der Waals surface area contributed by atoms with Gasteiger partial charge in [0.1, 0.15) is 5.69 Å². The van der Waals surface area contributed by atoms with Gasteiger partial charge in [0, 0.05) is 34.7 Å². The fourth-order valence-corrected chi connectivity index (χ4v) is 3.95. The van der Waals surface area contributed by atoms with Gasteiger partial charge in [-0.3, -0.25) is 14.6 Å². The van der Waals surface area contributed by atoms with E-state index >= 15 is 0 Å². The Morgan fingerprint density at radius 1 is 1.10 bits per heavy atom. The molecule has 3 heterocycles. The summed E-state index contributed by atoms with van der Waals surface area (Å²) in [5, 5.41) is 16.6. The third-order valence-electron chi connectivity index (χ3n) is 5.32. The lowest BCUT2D eigenvalue weighted by Gasteiger charge is -2.13. The van der Waals surface area contributed by atoms with Crippen LogP contribution in [0.25, 0.3) is 32.9 Å². The lowest BCUT2D eigenvalue weighted by atomic mass is 9.98. The van der Waals surface area contributed by atoms with Crippen LogP contribution in [0.4, 0.5) is 5.69 Å². The maximum Gasteiger partial charge on any atom is 0.273 e. The molecule has 0 atom stereocenters. The lowest BCUT2D eigenvalue weighted by molar-refractivity contribution is 0.101. The Balaban J connectivity index is 1.63. The number of anilines is 1. The van der Waals surface area contributed by atoms with Crippen molar-refractivity contribution in [2.75, 3.05) is 5.32 Å². The van der Waals surface area contributed by atoms with Crippen LogP contribution in [0.15, 0.2) is 55.0 Å². The van der Waals surface area contributed by atoms with Crippen LogP contribution in [0, 0.1) is 6.92 Å². The Labute approximate surface area is 173 Å². The summed E-state index contributed by atoms with van der Waals surface area (Å²) in [6, 6.07) is 12.3. The number of carbonyl (C=O) groups excluding carboxylic acids is 1. The number of carbonyl (C=O) groups is 1. The Bertz CT molecular complexity index is 1390. The van der Waals surface area contributed by atoms with Crippen molar-refractivity contribution in [1.82, 2.24) is 25.0 Å². The molecule has 3 aromatic heterocycles. The van der Waals surface area contributed by atoms with Crippen LogP contribution in [0.2, 0.25) is 0 Å². The van der Waals surface area contributed by atoms with E-state index in [1.807, 2.05) is 26.1 Å². The fraction of sp³-hybridized carbons (Fsp3) is 0.174. The Hall–Kier alpha value is -3.87. The van der Waals surface area contributed by atoms with Crippen molar-refractivity contribution in [1.29, 1.82) is 0 Å². The minimum Gasteiger partial charge on any atom is -0.361 e. The average molecular weight is 398 g/mol. The van der Waals surface area contributed by atoms with Crippen molar-refractivity contribution in [3.8, 4) is 11.1 Å². The molecular formula is C23H22N6O. The molecule has 1 amide bonds. The molecule has 7 nitrogen and oxygen atoms in total. The van der Waals surface area contributed by atoms with E-state index in [0.717, 1.165) is 38.5 Å². The van der Waals surface area contributed by atoms with Crippen molar-refractivity contribution >= 4 is 33.4 Å². The van der Waals surface area contributed by atoms with Gasteiger partial charge in [0.15, 0.2) is 0 Å². The number of hydrogen-bond donors (Lipinski definition) is 3. The Morgan fingerprint density at radius 3 is 2.80 bits per heavy atom. The zero-order chi connectivity index (χ0) is 20.8. The summed E-state index contributed by atoms with van der Waals surface area (Å²) in [6.07, 6.45) is 5.32. The molecule has 0 bridgehead atoms. The highest BCUT2D eigenvalue weighted by Crippen LogP contribution is 2.35. The molecule has 30 heavy (non-hydrogen) atoms. The third kappa shape index (κ3) is 2.95. The number of nitrogens with zero attached hydrogens (tertiary/aromatic N) is 3. The SMILES string of the molecule is Cc1cc(-c2cc(NC(=O)c3ccnn3C(C)C)c3cn[nH]c3c2)c2cc[nH]c2c1. The van der Waals surface area contributed by atoms with Gasteiger partial charge in [-0.2, -0.15) is 10.2 Å². The van der Waals surface area contributed by atoms with Crippen molar-refractivity contribution in [3.63, 3.8) is 0 Å². The van der Waals surface area contributed by atoms with Crippen LogP contribution in [-0.4, -0.2) is 30.9 Å². The van der Waals surface area contributed by atoms with Crippen LogP contribution in [0.5, 0.6) is 0 Å². The smallest absolute Gasteiger partial charge is 0.273 e. The molecule has 0 aliphatic heterocycles. The van der Waals surface area contributed by atoms with Crippen molar-refractivity contribution < 1.29 is 4.79 Å². The van der Waals surface area contributed by atoms with Gasteiger partial charge in [0.2, 0.25) is 0 Å². The standard InChI is InChI=1S/C23H22N6O/c1-13(2)29-22(5-7-26-29)23(30)27-20-10-15(11-21-18(20)12-25-28-21)17-8-14(3)9-19-16(17)4-6-24-19/h4-13,24H,1-3H3,(H,25,28)(H,27,30). The predicted molar refractivity (Wildman–Crippen MR) is 119 cm³/mol. The summed E-state index contributed by atoms with van der Waals surface area (Å²) >= 11 is 0. The van der Waals surface area contributed by atoms with Gasteiger partial charge in [0.05, 0.1) is 17.4 Å². The Kier molecular flexibility index (Phi) is 4.17. The second-order valence-electron chi connectivity index (χ2n) is 7.82. The van der Waals surface area contributed by atoms with E-state index in [2.05, 4.69) is 56.8 Å². The van der Waals surface area contributed by atoms with Gasteiger partial charge in [0.25, 0.3) is 5.91 Å². The molecule has 5 aromatic rings. The number of hydrogen-bond acceptors (Lipinski definition) is 3. The number of amides is 1. The number of rotatable bonds is 4. The van der Waals surface area contributed by atoms with E-state index in [0.29, 0.717) is 11.4 Å². The van der Waals surface area contributed by atoms with Gasteiger partial charge in [-0.15, -0.1) is 0 Å². The highest BCUT2D eigenvalue weighted by molar-refractivity contribution is 6.09. The second-order valence-corrected chi connectivity index (χ2v) is 7.82. The van der Waals surface area contributed by atoms with Crippen LogP contribution in [-0.2, 0) is 0 Å². The van der Waals surface area contributed by atoms with Crippen LogP contribution in [0.1, 0.15) is 35.9 Å². The first-order valence-corrected chi connectivity index (χ1v) is 9.91. The topological polar surface area (TPSA) is 91.4 Å². The number of H-pyrrole nitrogens is 2.